The number of aromatic amines is 1. The smallest absolute Gasteiger partial charge is 0.339 e. The van der Waals surface area contributed by atoms with E-state index in [0.29, 0.717) is 5.82 Å². The molecule has 1 aromatic heterocycles. The number of amides is 1. The summed E-state index contributed by atoms with van der Waals surface area (Å²) in [4.78, 5) is 16.6. The molecule has 1 N–H and O–H groups in total. The van der Waals surface area contributed by atoms with E-state index in [0.717, 1.165) is 4.90 Å². The number of H-pyrrole nitrogens is 1. The summed E-state index contributed by atoms with van der Waals surface area (Å²) in [7, 11) is 1.29. The minimum absolute atomic E-state index is 0.0690. The van der Waals surface area contributed by atoms with E-state index in [9.17, 15) is 18.0 Å². The summed E-state index contributed by atoms with van der Waals surface area (Å²) in [5.41, 5.74) is 0. The van der Waals surface area contributed by atoms with E-state index < -0.39 is 25.0 Å². The second-order valence-corrected chi connectivity index (χ2v) is 4.29. The van der Waals surface area contributed by atoms with Gasteiger partial charge in [0, 0.05) is 19.5 Å². The van der Waals surface area contributed by atoms with Crippen LogP contribution in [-0.4, -0.2) is 45.8 Å². The molecular weight excluding hydrogens is 249 g/mol. The van der Waals surface area contributed by atoms with Crippen molar-refractivity contribution >= 4 is 5.91 Å². The molecule has 0 unspecified atom stereocenters. The van der Waals surface area contributed by atoms with E-state index in [1.54, 1.807) is 0 Å². The molecule has 102 valence electrons. The Morgan fingerprint density at radius 2 is 2.06 bits per heavy atom. The van der Waals surface area contributed by atoms with E-state index in [2.05, 4.69) is 15.2 Å². The van der Waals surface area contributed by atoms with Gasteiger partial charge in [0.25, 0.3) is 5.91 Å². The summed E-state index contributed by atoms with van der Waals surface area (Å²) < 4.78 is 36.0. The molecular formula is C10H15F3N4O. The number of hydrogen-bond acceptors (Lipinski definition) is 3. The third kappa shape index (κ3) is 4.01. The van der Waals surface area contributed by atoms with Crippen molar-refractivity contribution in [3.8, 4) is 0 Å². The molecule has 1 rings (SSSR count). The average Bonchev–Trinajstić information content (AvgIpc) is 2.73. The number of halogens is 3. The van der Waals surface area contributed by atoms with Crippen LogP contribution in [-0.2, 0) is 0 Å². The van der Waals surface area contributed by atoms with Gasteiger partial charge >= 0.3 is 6.18 Å². The molecule has 18 heavy (non-hydrogen) atoms. The molecule has 0 aromatic carbocycles. The third-order valence-corrected chi connectivity index (χ3v) is 2.32. The van der Waals surface area contributed by atoms with Crippen LogP contribution in [0, 0.1) is 0 Å². The molecule has 1 heterocycles. The molecule has 0 aliphatic rings. The summed E-state index contributed by atoms with van der Waals surface area (Å²) in [5.74, 6) is -0.132. The van der Waals surface area contributed by atoms with Crippen LogP contribution in [0.1, 0.15) is 42.6 Å². The Labute approximate surface area is 102 Å². The number of carbonyl (C=O) groups excluding carboxylic acids is 1. The number of carbonyl (C=O) groups is 1. The van der Waals surface area contributed by atoms with Gasteiger partial charge in [-0.1, -0.05) is 13.8 Å². The molecule has 8 heteroatoms. The standard InChI is InChI=1S/C10H15F3N4O/c1-6(2)7-14-8(16-15-7)9(18)17(3)5-4-10(11,12)13/h6H,4-5H2,1-3H3,(H,14,15,16). The first-order chi connectivity index (χ1) is 8.20. The summed E-state index contributed by atoms with van der Waals surface area (Å²) in [5, 5.41) is 6.28. The van der Waals surface area contributed by atoms with Crippen molar-refractivity contribution in [2.24, 2.45) is 0 Å². The van der Waals surface area contributed by atoms with Gasteiger partial charge in [0.2, 0.25) is 5.82 Å². The number of nitrogens with one attached hydrogen (secondary N) is 1. The molecule has 0 radical (unpaired) electrons. The summed E-state index contributed by atoms with van der Waals surface area (Å²) in [6.07, 6.45) is -5.33. The first-order valence-electron chi connectivity index (χ1n) is 5.45. The SMILES string of the molecule is CC(C)c1nc(C(=O)N(C)CCC(F)(F)F)n[nH]1. The molecule has 5 nitrogen and oxygen atoms in total. The Hall–Kier alpha value is -1.60. The lowest BCUT2D eigenvalue weighted by atomic mass is 10.2. The van der Waals surface area contributed by atoms with Crippen LogP contribution in [0.25, 0.3) is 0 Å². The monoisotopic (exact) mass is 264 g/mol. The Morgan fingerprint density at radius 3 is 2.50 bits per heavy atom. The van der Waals surface area contributed by atoms with Crippen molar-refractivity contribution < 1.29 is 18.0 Å². The molecule has 0 aliphatic heterocycles. The topological polar surface area (TPSA) is 61.9 Å². The highest BCUT2D eigenvalue weighted by atomic mass is 19.4. The van der Waals surface area contributed by atoms with Crippen LogP contribution in [0.5, 0.6) is 0 Å². The lowest BCUT2D eigenvalue weighted by Crippen LogP contribution is -2.31. The van der Waals surface area contributed by atoms with Gasteiger partial charge in [-0.2, -0.15) is 13.2 Å². The highest BCUT2D eigenvalue weighted by molar-refractivity contribution is 5.90. The predicted octanol–water partition coefficient (Wildman–Crippen LogP) is 1.95. The zero-order valence-corrected chi connectivity index (χ0v) is 10.4. The number of aromatic nitrogens is 3. The van der Waals surface area contributed by atoms with Crippen LogP contribution < -0.4 is 0 Å². The number of alkyl halides is 3. The Bertz CT molecular complexity index is 414. The third-order valence-electron chi connectivity index (χ3n) is 2.32. The van der Waals surface area contributed by atoms with Gasteiger partial charge in [0.1, 0.15) is 5.82 Å². The van der Waals surface area contributed by atoms with Gasteiger partial charge < -0.3 is 4.90 Å². The van der Waals surface area contributed by atoms with Gasteiger partial charge in [-0.25, -0.2) is 4.98 Å². The zero-order chi connectivity index (χ0) is 13.9. The second kappa shape index (κ2) is 5.36. The first kappa shape index (κ1) is 14.5. The second-order valence-electron chi connectivity index (χ2n) is 4.29. The molecule has 0 spiro atoms. The first-order valence-corrected chi connectivity index (χ1v) is 5.45. The van der Waals surface area contributed by atoms with Crippen LogP contribution >= 0.6 is 0 Å². The maximum Gasteiger partial charge on any atom is 0.390 e. The van der Waals surface area contributed by atoms with E-state index in [4.69, 9.17) is 0 Å². The van der Waals surface area contributed by atoms with E-state index >= 15 is 0 Å². The average molecular weight is 264 g/mol. The normalized spacial score (nSPS) is 11.9. The molecule has 0 fully saturated rings. The summed E-state index contributed by atoms with van der Waals surface area (Å²) in [6.45, 7) is 3.32. The molecule has 0 saturated heterocycles. The number of nitrogens with zero attached hydrogens (tertiary/aromatic N) is 3. The van der Waals surface area contributed by atoms with Crippen molar-refractivity contribution in [1.29, 1.82) is 0 Å². The van der Waals surface area contributed by atoms with Crippen molar-refractivity contribution in [3.05, 3.63) is 11.6 Å². The molecule has 0 aliphatic carbocycles. The van der Waals surface area contributed by atoms with Crippen molar-refractivity contribution in [3.63, 3.8) is 0 Å². The largest absolute Gasteiger partial charge is 0.390 e. The minimum Gasteiger partial charge on any atom is -0.339 e. The Morgan fingerprint density at radius 1 is 1.44 bits per heavy atom. The van der Waals surface area contributed by atoms with Crippen molar-refractivity contribution in [1.82, 2.24) is 20.1 Å². The zero-order valence-electron chi connectivity index (χ0n) is 10.4. The van der Waals surface area contributed by atoms with Crippen LogP contribution in [0.3, 0.4) is 0 Å². The van der Waals surface area contributed by atoms with Gasteiger partial charge in [0.05, 0.1) is 6.42 Å². The summed E-state index contributed by atoms with van der Waals surface area (Å²) in [6, 6.07) is 0. The fraction of sp³-hybridized carbons (Fsp3) is 0.700. The molecule has 0 bridgehead atoms. The molecule has 1 amide bonds. The van der Waals surface area contributed by atoms with Gasteiger partial charge in [-0.15, -0.1) is 5.10 Å². The van der Waals surface area contributed by atoms with Gasteiger partial charge in [-0.05, 0) is 0 Å². The van der Waals surface area contributed by atoms with Crippen LogP contribution in [0.4, 0.5) is 13.2 Å². The number of hydrogen-bond donors (Lipinski definition) is 1. The predicted molar refractivity (Wildman–Crippen MR) is 58.1 cm³/mol. The minimum atomic E-state index is -4.28. The lowest BCUT2D eigenvalue weighted by molar-refractivity contribution is -0.136. The summed E-state index contributed by atoms with van der Waals surface area (Å²) >= 11 is 0. The molecule has 0 atom stereocenters. The van der Waals surface area contributed by atoms with E-state index in [1.165, 1.54) is 7.05 Å². The Balaban J connectivity index is 2.63. The molecule has 0 saturated carbocycles. The van der Waals surface area contributed by atoms with E-state index in [1.807, 2.05) is 13.8 Å². The maximum atomic E-state index is 12.0. The van der Waals surface area contributed by atoms with Crippen LogP contribution in [0.15, 0.2) is 0 Å². The van der Waals surface area contributed by atoms with E-state index in [-0.39, 0.29) is 11.7 Å². The highest BCUT2D eigenvalue weighted by Crippen LogP contribution is 2.19. The molecule has 1 aromatic rings. The lowest BCUT2D eigenvalue weighted by Gasteiger charge is -2.16. The Kier molecular flexibility index (Phi) is 4.31. The van der Waals surface area contributed by atoms with Gasteiger partial charge in [-0.3, -0.25) is 9.89 Å². The van der Waals surface area contributed by atoms with Crippen LogP contribution in [0.2, 0.25) is 0 Å². The fourth-order valence-electron chi connectivity index (χ4n) is 1.19. The van der Waals surface area contributed by atoms with Crippen molar-refractivity contribution in [2.75, 3.05) is 13.6 Å². The highest BCUT2D eigenvalue weighted by Gasteiger charge is 2.29. The quantitative estimate of drug-likeness (QED) is 0.904. The number of rotatable bonds is 4. The van der Waals surface area contributed by atoms with Crippen molar-refractivity contribution in [2.45, 2.75) is 32.4 Å². The van der Waals surface area contributed by atoms with Gasteiger partial charge in [0.15, 0.2) is 0 Å². The maximum absolute atomic E-state index is 12.0. The fourth-order valence-corrected chi connectivity index (χ4v) is 1.19.